The molecule has 1 rings (SSSR count). The minimum absolute atomic E-state index is 0.183. The first-order chi connectivity index (χ1) is 10.5. The molecule has 0 spiro atoms. The number of ether oxygens (including phenoxy) is 2. The van der Waals surface area contributed by atoms with Gasteiger partial charge in [-0.05, 0) is 12.1 Å². The molecule has 0 aliphatic carbocycles. The van der Waals surface area contributed by atoms with E-state index in [-0.39, 0.29) is 23.6 Å². The van der Waals surface area contributed by atoms with Crippen molar-refractivity contribution in [1.29, 1.82) is 15.8 Å². The van der Waals surface area contributed by atoms with Gasteiger partial charge >= 0.3 is 0 Å². The summed E-state index contributed by atoms with van der Waals surface area (Å²) < 4.78 is 10.3. The molecule has 0 aliphatic heterocycles. The summed E-state index contributed by atoms with van der Waals surface area (Å²) in [5, 5.41) is 29.1. The molecule has 8 heteroatoms. The van der Waals surface area contributed by atoms with E-state index in [0.29, 0.717) is 11.4 Å². The number of nitrogens with one attached hydrogen (secondary N) is 1. The molecule has 8 nitrogen and oxygen atoms in total. The average Bonchev–Trinajstić information content (AvgIpc) is 2.53. The zero-order chi connectivity index (χ0) is 16.5. The van der Waals surface area contributed by atoms with Crippen LogP contribution in [0.25, 0.3) is 0 Å². The van der Waals surface area contributed by atoms with Crippen molar-refractivity contribution < 1.29 is 14.3 Å². The highest BCUT2D eigenvalue weighted by atomic mass is 16.5. The molecular formula is C14H11N5O3. The summed E-state index contributed by atoms with van der Waals surface area (Å²) in [5.74, 6) is -0.0548. The standard InChI is InChI=1S/C14H11N5O3/c1-21-13-4-10(2-3-12(13)22-8-14(18)20)19-11(7-17)9(5-15)6-16/h2-4,19H,8H2,1H3,(H2,18,20). The molecule has 0 saturated carbocycles. The predicted octanol–water partition coefficient (Wildman–Crippen LogP) is 0.796. The highest BCUT2D eigenvalue weighted by Crippen LogP contribution is 2.30. The van der Waals surface area contributed by atoms with E-state index in [1.807, 2.05) is 0 Å². The van der Waals surface area contributed by atoms with Crippen LogP contribution in [0.1, 0.15) is 0 Å². The van der Waals surface area contributed by atoms with Crippen molar-refractivity contribution in [2.75, 3.05) is 19.0 Å². The molecule has 1 amide bonds. The number of rotatable bonds is 6. The molecule has 0 bridgehead atoms. The van der Waals surface area contributed by atoms with Crippen molar-refractivity contribution in [1.82, 2.24) is 0 Å². The molecule has 3 N–H and O–H groups in total. The van der Waals surface area contributed by atoms with Gasteiger partial charge in [0.2, 0.25) is 0 Å². The number of primary amides is 1. The molecular weight excluding hydrogens is 286 g/mol. The third-order valence-corrected chi connectivity index (χ3v) is 2.39. The Kier molecular flexibility index (Phi) is 5.79. The summed E-state index contributed by atoms with van der Waals surface area (Å²) in [6.07, 6.45) is 0. The van der Waals surface area contributed by atoms with Gasteiger partial charge in [0, 0.05) is 11.8 Å². The maximum Gasteiger partial charge on any atom is 0.255 e. The topological polar surface area (TPSA) is 145 Å². The Morgan fingerprint density at radius 3 is 2.41 bits per heavy atom. The van der Waals surface area contributed by atoms with Crippen molar-refractivity contribution in [2.45, 2.75) is 0 Å². The molecule has 0 aromatic heterocycles. The van der Waals surface area contributed by atoms with Crippen LogP contribution in [0, 0.1) is 34.0 Å². The van der Waals surface area contributed by atoms with Gasteiger partial charge in [-0.25, -0.2) is 0 Å². The van der Waals surface area contributed by atoms with Crippen molar-refractivity contribution in [3.05, 3.63) is 29.5 Å². The molecule has 0 heterocycles. The minimum atomic E-state index is -0.633. The van der Waals surface area contributed by atoms with E-state index in [9.17, 15) is 4.79 Å². The van der Waals surface area contributed by atoms with E-state index in [1.54, 1.807) is 18.2 Å². The monoisotopic (exact) mass is 297 g/mol. The fraction of sp³-hybridized carbons (Fsp3) is 0.143. The third kappa shape index (κ3) is 4.16. The highest BCUT2D eigenvalue weighted by molar-refractivity contribution is 5.75. The zero-order valence-corrected chi connectivity index (χ0v) is 11.6. The molecule has 1 aromatic rings. The van der Waals surface area contributed by atoms with Crippen molar-refractivity contribution in [3.63, 3.8) is 0 Å². The summed E-state index contributed by atoms with van der Waals surface area (Å²) in [6.45, 7) is -0.306. The van der Waals surface area contributed by atoms with Gasteiger partial charge in [-0.3, -0.25) is 4.79 Å². The van der Waals surface area contributed by atoms with Gasteiger partial charge in [0.05, 0.1) is 7.11 Å². The van der Waals surface area contributed by atoms with E-state index >= 15 is 0 Å². The van der Waals surface area contributed by atoms with E-state index in [2.05, 4.69) is 5.32 Å². The van der Waals surface area contributed by atoms with Gasteiger partial charge in [0.25, 0.3) is 5.91 Å². The second-order valence-electron chi connectivity index (χ2n) is 3.83. The van der Waals surface area contributed by atoms with Crippen molar-refractivity contribution in [3.8, 4) is 29.7 Å². The van der Waals surface area contributed by atoms with Crippen LogP contribution in [0.2, 0.25) is 0 Å². The normalized spacial score (nSPS) is 8.64. The van der Waals surface area contributed by atoms with Gasteiger partial charge in [-0.15, -0.1) is 0 Å². The number of hydrogen-bond acceptors (Lipinski definition) is 7. The van der Waals surface area contributed by atoms with Crippen LogP contribution < -0.4 is 20.5 Å². The lowest BCUT2D eigenvalue weighted by atomic mass is 10.2. The molecule has 0 radical (unpaired) electrons. The molecule has 0 saturated heterocycles. The van der Waals surface area contributed by atoms with Gasteiger partial charge in [0.15, 0.2) is 23.7 Å². The Hall–Kier alpha value is -3.70. The zero-order valence-electron chi connectivity index (χ0n) is 11.6. The first-order valence-corrected chi connectivity index (χ1v) is 5.86. The fourth-order valence-corrected chi connectivity index (χ4v) is 1.44. The van der Waals surface area contributed by atoms with E-state index in [4.69, 9.17) is 31.0 Å². The van der Waals surface area contributed by atoms with Gasteiger partial charge in [0.1, 0.15) is 23.9 Å². The molecule has 0 unspecified atom stereocenters. The molecule has 0 fully saturated rings. The molecule has 0 atom stereocenters. The Morgan fingerprint density at radius 1 is 1.23 bits per heavy atom. The van der Waals surface area contributed by atoms with Crippen LogP contribution in [0.15, 0.2) is 29.5 Å². The smallest absolute Gasteiger partial charge is 0.255 e. The van der Waals surface area contributed by atoms with Crippen molar-refractivity contribution in [2.24, 2.45) is 5.73 Å². The van der Waals surface area contributed by atoms with Crippen LogP contribution in [0.5, 0.6) is 11.5 Å². The molecule has 1 aromatic carbocycles. The molecule has 0 aliphatic rings. The van der Waals surface area contributed by atoms with Crippen LogP contribution in [-0.4, -0.2) is 19.6 Å². The lowest BCUT2D eigenvalue weighted by Gasteiger charge is -2.12. The summed E-state index contributed by atoms with van der Waals surface area (Å²) in [4.78, 5) is 10.7. The average molecular weight is 297 g/mol. The maximum absolute atomic E-state index is 10.7. The highest BCUT2D eigenvalue weighted by Gasteiger charge is 2.10. The second-order valence-corrected chi connectivity index (χ2v) is 3.83. The number of carbonyl (C=O) groups is 1. The van der Waals surface area contributed by atoms with Gasteiger partial charge < -0.3 is 20.5 Å². The predicted molar refractivity (Wildman–Crippen MR) is 75.2 cm³/mol. The third-order valence-electron chi connectivity index (χ3n) is 2.39. The summed E-state index contributed by atoms with van der Waals surface area (Å²) in [5.41, 5.74) is 4.87. The lowest BCUT2D eigenvalue weighted by molar-refractivity contribution is -0.119. The van der Waals surface area contributed by atoms with Crippen molar-refractivity contribution >= 4 is 11.6 Å². The number of carbonyl (C=O) groups excluding carboxylic acids is 1. The summed E-state index contributed by atoms with van der Waals surface area (Å²) in [6, 6.07) is 9.49. The van der Waals surface area contributed by atoms with Gasteiger partial charge in [-0.2, -0.15) is 15.8 Å². The number of hydrogen-bond donors (Lipinski definition) is 2. The van der Waals surface area contributed by atoms with E-state index < -0.39 is 5.91 Å². The maximum atomic E-state index is 10.7. The number of allylic oxidation sites excluding steroid dienone is 2. The summed E-state index contributed by atoms with van der Waals surface area (Å²) in [7, 11) is 1.40. The SMILES string of the molecule is COc1cc(NC(C#N)=C(C#N)C#N)ccc1OCC(N)=O. The number of amides is 1. The Balaban J connectivity index is 3.07. The number of nitrogens with two attached hydrogens (primary N) is 1. The molecule has 22 heavy (non-hydrogen) atoms. The number of benzene rings is 1. The Morgan fingerprint density at radius 2 is 1.91 bits per heavy atom. The number of nitrogens with zero attached hydrogens (tertiary/aromatic N) is 3. The lowest BCUT2D eigenvalue weighted by Crippen LogP contribution is -2.20. The van der Waals surface area contributed by atoms with Crippen LogP contribution in [0.3, 0.4) is 0 Å². The summed E-state index contributed by atoms with van der Waals surface area (Å²) >= 11 is 0. The Labute approximate surface area is 126 Å². The second kappa shape index (κ2) is 7.78. The largest absolute Gasteiger partial charge is 0.493 e. The first-order valence-electron chi connectivity index (χ1n) is 5.86. The van der Waals surface area contributed by atoms with E-state index in [1.165, 1.54) is 25.3 Å². The van der Waals surface area contributed by atoms with E-state index in [0.717, 1.165) is 0 Å². The van der Waals surface area contributed by atoms with Gasteiger partial charge in [-0.1, -0.05) is 0 Å². The van der Waals surface area contributed by atoms with Crippen LogP contribution >= 0.6 is 0 Å². The minimum Gasteiger partial charge on any atom is -0.493 e. The molecule has 110 valence electrons. The number of nitriles is 3. The quantitative estimate of drug-likeness (QED) is 0.738. The number of methoxy groups -OCH3 is 1. The van der Waals surface area contributed by atoms with Crippen LogP contribution in [0.4, 0.5) is 5.69 Å². The first kappa shape index (κ1) is 16.4. The Bertz CT molecular complexity index is 718. The number of anilines is 1. The fourth-order valence-electron chi connectivity index (χ4n) is 1.44. The van der Waals surface area contributed by atoms with Crippen LogP contribution in [-0.2, 0) is 4.79 Å².